The van der Waals surface area contributed by atoms with Crippen molar-refractivity contribution in [3.05, 3.63) is 11.3 Å². The van der Waals surface area contributed by atoms with Gasteiger partial charge >= 0.3 is 0 Å². The second-order valence-corrected chi connectivity index (χ2v) is 5.34. The second-order valence-electron chi connectivity index (χ2n) is 3.58. The number of hydrogen-bond donors (Lipinski definition) is 1. The molecule has 0 rings (SSSR count). The van der Waals surface area contributed by atoms with E-state index in [4.69, 9.17) is 0 Å². The van der Waals surface area contributed by atoms with Gasteiger partial charge in [0.2, 0.25) is 0 Å². The summed E-state index contributed by atoms with van der Waals surface area (Å²) in [7, 11) is -0.106. The van der Waals surface area contributed by atoms with Crippen molar-refractivity contribution in [3.63, 3.8) is 0 Å². The lowest BCUT2D eigenvalue weighted by molar-refractivity contribution is 0.850. The summed E-state index contributed by atoms with van der Waals surface area (Å²) in [4.78, 5) is 3.60. The van der Waals surface area contributed by atoms with Crippen LogP contribution in [-0.4, -0.2) is 16.2 Å². The molecule has 0 saturated heterocycles. The summed E-state index contributed by atoms with van der Waals surface area (Å²) in [5.41, 5.74) is 0. The molecular weight excluding hydrogens is 174 g/mol. The fraction of sp³-hybridized carbons (Fsp3) is 0.818. The van der Waals surface area contributed by atoms with Crippen molar-refractivity contribution in [2.45, 2.75) is 52.9 Å². The Hall–Kier alpha value is -0.0831. The monoisotopic (exact) mass is 199 g/mol. The Morgan fingerprint density at radius 1 is 1.15 bits per heavy atom. The van der Waals surface area contributed by atoms with E-state index in [-0.39, 0.29) is 9.68 Å². The fourth-order valence-electron chi connectivity index (χ4n) is 1.36. The molecule has 0 saturated carbocycles. The van der Waals surface area contributed by atoms with Crippen molar-refractivity contribution in [1.29, 1.82) is 0 Å². The molecule has 13 heavy (non-hydrogen) atoms. The Kier molecular flexibility index (Phi) is 9.94. The molecule has 0 aliphatic heterocycles. The first-order chi connectivity index (χ1) is 6.35. The van der Waals surface area contributed by atoms with Gasteiger partial charge in [-0.05, 0) is 25.8 Å². The molecule has 0 aromatic rings. The molecular formula is C11H25NSi. The van der Waals surface area contributed by atoms with E-state index in [1.54, 1.807) is 5.20 Å². The standard InChI is InChI=1S/C11H25NSi/c1-4-7-9-11(8-5-2)13-12-10-6-3/h9,12H,4-8,10,13H2,1-3H3. The molecule has 0 aliphatic rings. The SMILES string of the molecule is CCCC=C(CCC)[SiH2]NCCC. The molecule has 0 aliphatic carbocycles. The smallest absolute Gasteiger partial charge is 0.119 e. The highest BCUT2D eigenvalue weighted by Crippen LogP contribution is 2.04. The van der Waals surface area contributed by atoms with E-state index in [1.165, 1.54) is 38.6 Å². The zero-order chi connectivity index (χ0) is 9.94. The van der Waals surface area contributed by atoms with Gasteiger partial charge in [0, 0.05) is 0 Å². The third-order valence-electron chi connectivity index (χ3n) is 2.07. The van der Waals surface area contributed by atoms with E-state index in [1.807, 2.05) is 0 Å². The molecule has 0 radical (unpaired) electrons. The van der Waals surface area contributed by atoms with Crippen LogP contribution in [0.15, 0.2) is 11.3 Å². The van der Waals surface area contributed by atoms with Crippen LogP contribution in [0.5, 0.6) is 0 Å². The molecule has 0 spiro atoms. The first kappa shape index (κ1) is 12.9. The first-order valence-electron chi connectivity index (χ1n) is 5.73. The Bertz CT molecular complexity index is 132. The molecule has 0 heterocycles. The van der Waals surface area contributed by atoms with Gasteiger partial charge in [0.05, 0.1) is 0 Å². The van der Waals surface area contributed by atoms with Gasteiger partial charge < -0.3 is 4.98 Å². The zero-order valence-corrected chi connectivity index (χ0v) is 10.9. The molecule has 0 aromatic heterocycles. The minimum Gasteiger partial charge on any atom is -0.339 e. The largest absolute Gasteiger partial charge is 0.339 e. The van der Waals surface area contributed by atoms with Gasteiger partial charge in [-0.3, -0.25) is 0 Å². The van der Waals surface area contributed by atoms with Crippen LogP contribution < -0.4 is 4.98 Å². The van der Waals surface area contributed by atoms with Crippen LogP contribution in [0.4, 0.5) is 0 Å². The zero-order valence-electron chi connectivity index (χ0n) is 9.53. The minimum absolute atomic E-state index is 0.106. The number of hydrogen-bond acceptors (Lipinski definition) is 1. The van der Waals surface area contributed by atoms with Crippen molar-refractivity contribution in [2.75, 3.05) is 6.54 Å². The Morgan fingerprint density at radius 2 is 1.92 bits per heavy atom. The summed E-state index contributed by atoms with van der Waals surface area (Å²) in [6.07, 6.45) is 8.92. The van der Waals surface area contributed by atoms with Gasteiger partial charge in [0.1, 0.15) is 9.68 Å². The van der Waals surface area contributed by atoms with Crippen LogP contribution in [0, 0.1) is 0 Å². The predicted octanol–water partition coefficient (Wildman–Crippen LogP) is 2.55. The summed E-state index contributed by atoms with van der Waals surface area (Å²) in [6, 6.07) is 0. The highest BCUT2D eigenvalue weighted by molar-refractivity contribution is 6.42. The van der Waals surface area contributed by atoms with Crippen LogP contribution >= 0.6 is 0 Å². The van der Waals surface area contributed by atoms with Gasteiger partial charge in [-0.25, -0.2) is 0 Å². The molecule has 1 N–H and O–H groups in total. The van der Waals surface area contributed by atoms with Gasteiger partial charge in [-0.2, -0.15) is 0 Å². The number of nitrogens with one attached hydrogen (secondary N) is 1. The highest BCUT2D eigenvalue weighted by Gasteiger charge is 1.95. The maximum Gasteiger partial charge on any atom is 0.119 e. The van der Waals surface area contributed by atoms with E-state index in [0.717, 1.165) is 0 Å². The van der Waals surface area contributed by atoms with Crippen LogP contribution in [0.2, 0.25) is 0 Å². The second kappa shape index (κ2) is 10.0. The van der Waals surface area contributed by atoms with E-state index < -0.39 is 0 Å². The van der Waals surface area contributed by atoms with Crippen LogP contribution in [0.3, 0.4) is 0 Å². The lowest BCUT2D eigenvalue weighted by Crippen LogP contribution is -2.22. The average Bonchev–Trinajstić information content (AvgIpc) is 2.14. The molecule has 0 amide bonds. The van der Waals surface area contributed by atoms with Crippen molar-refractivity contribution in [1.82, 2.24) is 4.98 Å². The van der Waals surface area contributed by atoms with Crippen LogP contribution in [0.1, 0.15) is 52.9 Å². The van der Waals surface area contributed by atoms with Crippen molar-refractivity contribution < 1.29 is 0 Å². The van der Waals surface area contributed by atoms with Crippen molar-refractivity contribution >= 4 is 9.68 Å². The number of unbranched alkanes of at least 4 members (excludes halogenated alkanes) is 1. The van der Waals surface area contributed by atoms with Gasteiger partial charge in [-0.1, -0.05) is 44.9 Å². The summed E-state index contributed by atoms with van der Waals surface area (Å²) in [5, 5.41) is 1.73. The quantitative estimate of drug-likeness (QED) is 0.468. The third-order valence-corrected chi connectivity index (χ3v) is 3.77. The Morgan fingerprint density at radius 3 is 2.46 bits per heavy atom. The maximum absolute atomic E-state index is 3.60. The summed E-state index contributed by atoms with van der Waals surface area (Å²) >= 11 is 0. The summed E-state index contributed by atoms with van der Waals surface area (Å²) in [5.74, 6) is 0. The summed E-state index contributed by atoms with van der Waals surface area (Å²) < 4.78 is 0. The molecule has 1 nitrogen and oxygen atoms in total. The Balaban J connectivity index is 3.65. The Labute approximate surface area is 85.9 Å². The van der Waals surface area contributed by atoms with Gasteiger partial charge in [0.25, 0.3) is 0 Å². The van der Waals surface area contributed by atoms with Gasteiger partial charge in [-0.15, -0.1) is 0 Å². The van der Waals surface area contributed by atoms with E-state index in [2.05, 4.69) is 31.8 Å². The maximum atomic E-state index is 3.60. The molecule has 0 bridgehead atoms. The van der Waals surface area contributed by atoms with E-state index in [0.29, 0.717) is 0 Å². The lowest BCUT2D eigenvalue weighted by atomic mass is 10.2. The first-order valence-corrected chi connectivity index (χ1v) is 7.15. The molecule has 0 aromatic carbocycles. The highest BCUT2D eigenvalue weighted by atomic mass is 28.2. The van der Waals surface area contributed by atoms with Gasteiger partial charge in [0.15, 0.2) is 0 Å². The molecule has 0 atom stereocenters. The molecule has 0 unspecified atom stereocenters. The molecule has 0 fully saturated rings. The number of allylic oxidation sites excluding steroid dienone is 2. The number of rotatable bonds is 8. The minimum atomic E-state index is -0.106. The van der Waals surface area contributed by atoms with Crippen LogP contribution in [-0.2, 0) is 0 Å². The van der Waals surface area contributed by atoms with E-state index >= 15 is 0 Å². The van der Waals surface area contributed by atoms with Crippen LogP contribution in [0.25, 0.3) is 0 Å². The normalized spacial score (nSPS) is 13.0. The fourth-order valence-corrected chi connectivity index (χ4v) is 3.09. The van der Waals surface area contributed by atoms with Crippen molar-refractivity contribution in [3.8, 4) is 0 Å². The molecule has 78 valence electrons. The predicted molar refractivity (Wildman–Crippen MR) is 64.7 cm³/mol. The van der Waals surface area contributed by atoms with E-state index in [9.17, 15) is 0 Å². The van der Waals surface area contributed by atoms with Crippen molar-refractivity contribution in [2.24, 2.45) is 0 Å². The topological polar surface area (TPSA) is 12.0 Å². The average molecular weight is 199 g/mol. The lowest BCUT2D eigenvalue weighted by Gasteiger charge is -2.06. The molecule has 2 heteroatoms. The summed E-state index contributed by atoms with van der Waals surface area (Å²) in [6.45, 7) is 7.96. The third kappa shape index (κ3) is 8.25.